The second-order valence-electron chi connectivity index (χ2n) is 10.2. The SMILES string of the molecule is COC(=O)c1ccc(-c2nc3ccccc3n2CC(=O)NC2(C3CCCCC3)CCCCC2)cc1. The van der Waals surface area contributed by atoms with Gasteiger partial charge >= 0.3 is 5.97 Å². The highest BCUT2D eigenvalue weighted by molar-refractivity contribution is 5.90. The second kappa shape index (κ2) is 10.2. The van der Waals surface area contributed by atoms with Crippen LogP contribution in [-0.4, -0.2) is 34.1 Å². The Bertz CT molecular complexity index is 1190. The number of methoxy groups -OCH3 is 1. The zero-order chi connectivity index (χ0) is 24.3. The topological polar surface area (TPSA) is 73.2 Å². The van der Waals surface area contributed by atoms with Crippen LogP contribution in [0.2, 0.25) is 0 Å². The van der Waals surface area contributed by atoms with E-state index in [2.05, 4.69) is 5.32 Å². The zero-order valence-corrected chi connectivity index (χ0v) is 20.6. The molecule has 0 bridgehead atoms. The van der Waals surface area contributed by atoms with Crippen LogP contribution in [0.4, 0.5) is 0 Å². The first-order valence-electron chi connectivity index (χ1n) is 13.0. The van der Waals surface area contributed by atoms with E-state index >= 15 is 0 Å². The Kier molecular flexibility index (Phi) is 6.89. The van der Waals surface area contributed by atoms with Crippen molar-refractivity contribution < 1.29 is 14.3 Å². The summed E-state index contributed by atoms with van der Waals surface area (Å²) in [5.74, 6) is 1.01. The van der Waals surface area contributed by atoms with Crippen molar-refractivity contribution in [3.8, 4) is 11.4 Å². The highest BCUT2D eigenvalue weighted by Gasteiger charge is 2.41. The van der Waals surface area contributed by atoms with Crippen LogP contribution < -0.4 is 5.32 Å². The van der Waals surface area contributed by atoms with Crippen molar-refractivity contribution in [2.24, 2.45) is 5.92 Å². The maximum absolute atomic E-state index is 13.6. The monoisotopic (exact) mass is 473 g/mol. The minimum absolute atomic E-state index is 0.0610. The van der Waals surface area contributed by atoms with Crippen LogP contribution in [0.15, 0.2) is 48.5 Å². The number of carbonyl (C=O) groups excluding carboxylic acids is 2. The molecule has 2 fully saturated rings. The highest BCUT2D eigenvalue weighted by atomic mass is 16.5. The first-order valence-corrected chi connectivity index (χ1v) is 13.0. The lowest BCUT2D eigenvalue weighted by atomic mass is 9.67. The molecule has 35 heavy (non-hydrogen) atoms. The third kappa shape index (κ3) is 4.84. The fourth-order valence-corrected chi connectivity index (χ4v) is 6.26. The molecule has 3 aromatic rings. The molecule has 0 unspecified atom stereocenters. The molecule has 2 aliphatic rings. The van der Waals surface area contributed by atoms with Crippen LogP contribution >= 0.6 is 0 Å². The predicted octanol–water partition coefficient (Wildman–Crippen LogP) is 5.89. The van der Waals surface area contributed by atoms with Gasteiger partial charge in [0, 0.05) is 11.1 Å². The summed E-state index contributed by atoms with van der Waals surface area (Å²) in [6.07, 6.45) is 12.2. The lowest BCUT2D eigenvalue weighted by Gasteiger charge is -2.46. The van der Waals surface area contributed by atoms with Gasteiger partial charge in [-0.3, -0.25) is 4.79 Å². The standard InChI is InChI=1S/C29H35N3O3/c1-35-28(34)22-16-14-21(15-17-22)27-30-24-12-6-7-13-25(24)32(27)20-26(33)31-29(18-8-3-9-19-29)23-10-4-2-5-11-23/h6-7,12-17,23H,2-5,8-11,18-20H2,1H3,(H,31,33). The number of ether oxygens (including phenoxy) is 1. The van der Waals surface area contributed by atoms with Gasteiger partial charge in [-0.25, -0.2) is 9.78 Å². The molecule has 5 rings (SSSR count). The number of fused-ring (bicyclic) bond motifs is 1. The molecule has 0 aliphatic heterocycles. The van der Waals surface area contributed by atoms with Gasteiger partial charge < -0.3 is 14.6 Å². The molecule has 6 nitrogen and oxygen atoms in total. The Hall–Kier alpha value is -3.15. The van der Waals surface area contributed by atoms with E-state index in [0.29, 0.717) is 11.5 Å². The fourth-order valence-electron chi connectivity index (χ4n) is 6.26. The molecule has 0 saturated heterocycles. The van der Waals surface area contributed by atoms with E-state index in [1.54, 1.807) is 12.1 Å². The fraction of sp³-hybridized carbons (Fsp3) is 0.483. The molecule has 0 radical (unpaired) electrons. The number of hydrogen-bond acceptors (Lipinski definition) is 4. The largest absolute Gasteiger partial charge is 0.465 e. The minimum Gasteiger partial charge on any atom is -0.465 e. The number of para-hydroxylation sites is 2. The molecule has 1 amide bonds. The van der Waals surface area contributed by atoms with Crippen molar-refractivity contribution in [1.29, 1.82) is 0 Å². The lowest BCUT2D eigenvalue weighted by Crippen LogP contribution is -2.56. The number of hydrogen-bond donors (Lipinski definition) is 1. The zero-order valence-electron chi connectivity index (χ0n) is 20.6. The van der Waals surface area contributed by atoms with Gasteiger partial charge in [0.2, 0.25) is 5.91 Å². The van der Waals surface area contributed by atoms with Gasteiger partial charge in [0.1, 0.15) is 12.4 Å². The molecule has 2 saturated carbocycles. The van der Waals surface area contributed by atoms with Gasteiger partial charge in [-0.1, -0.05) is 62.8 Å². The Morgan fingerprint density at radius 3 is 2.37 bits per heavy atom. The van der Waals surface area contributed by atoms with Crippen LogP contribution in [-0.2, 0) is 16.1 Å². The summed E-state index contributed by atoms with van der Waals surface area (Å²) < 4.78 is 6.83. The predicted molar refractivity (Wildman–Crippen MR) is 137 cm³/mol. The number of amides is 1. The third-order valence-corrected chi connectivity index (χ3v) is 8.04. The van der Waals surface area contributed by atoms with Crippen LogP contribution in [0.5, 0.6) is 0 Å². The van der Waals surface area contributed by atoms with Crippen LogP contribution in [0.3, 0.4) is 0 Å². The number of benzene rings is 2. The quantitative estimate of drug-likeness (QED) is 0.453. The first kappa shape index (κ1) is 23.6. The molecule has 1 N–H and O–H groups in total. The molecule has 6 heteroatoms. The summed E-state index contributed by atoms with van der Waals surface area (Å²) in [5.41, 5.74) is 3.08. The number of imidazole rings is 1. The van der Waals surface area contributed by atoms with Gasteiger partial charge in [-0.05, 0) is 55.9 Å². The number of esters is 1. The summed E-state index contributed by atoms with van der Waals surface area (Å²) in [6.45, 7) is 0.225. The smallest absolute Gasteiger partial charge is 0.337 e. The molecule has 0 atom stereocenters. The number of rotatable bonds is 6. The molecule has 2 aliphatic carbocycles. The van der Waals surface area contributed by atoms with E-state index in [9.17, 15) is 9.59 Å². The lowest BCUT2D eigenvalue weighted by molar-refractivity contribution is -0.125. The maximum Gasteiger partial charge on any atom is 0.337 e. The van der Waals surface area contributed by atoms with E-state index in [4.69, 9.17) is 9.72 Å². The average molecular weight is 474 g/mol. The summed E-state index contributed by atoms with van der Waals surface area (Å²) in [6, 6.07) is 15.1. The van der Waals surface area contributed by atoms with Gasteiger partial charge in [0.05, 0.1) is 23.7 Å². The molecule has 1 heterocycles. The molecule has 0 spiro atoms. The summed E-state index contributed by atoms with van der Waals surface area (Å²) in [5, 5.41) is 3.57. The Labute approximate surface area is 207 Å². The van der Waals surface area contributed by atoms with Gasteiger partial charge in [-0.15, -0.1) is 0 Å². The summed E-state index contributed by atoms with van der Waals surface area (Å²) in [4.78, 5) is 30.3. The number of nitrogens with zero attached hydrogens (tertiary/aromatic N) is 2. The van der Waals surface area contributed by atoms with E-state index < -0.39 is 0 Å². The van der Waals surface area contributed by atoms with Crippen LogP contribution in [0.1, 0.15) is 74.6 Å². The molecular weight excluding hydrogens is 438 g/mol. The Morgan fingerprint density at radius 2 is 1.66 bits per heavy atom. The van der Waals surface area contributed by atoms with Crippen molar-refractivity contribution in [2.45, 2.75) is 76.3 Å². The average Bonchev–Trinajstić information content (AvgIpc) is 3.27. The Balaban J connectivity index is 1.44. The van der Waals surface area contributed by atoms with E-state index in [1.807, 2.05) is 41.0 Å². The maximum atomic E-state index is 13.6. The van der Waals surface area contributed by atoms with Crippen molar-refractivity contribution in [1.82, 2.24) is 14.9 Å². The highest BCUT2D eigenvalue weighted by Crippen LogP contribution is 2.41. The first-order chi connectivity index (χ1) is 17.1. The number of carbonyl (C=O) groups is 2. The number of aromatic nitrogens is 2. The molecule has 1 aromatic heterocycles. The van der Waals surface area contributed by atoms with Gasteiger partial charge in [-0.2, -0.15) is 0 Å². The van der Waals surface area contributed by atoms with Crippen LogP contribution in [0.25, 0.3) is 22.4 Å². The summed E-state index contributed by atoms with van der Waals surface area (Å²) >= 11 is 0. The molecule has 2 aromatic carbocycles. The van der Waals surface area contributed by atoms with Gasteiger partial charge in [0.25, 0.3) is 0 Å². The minimum atomic E-state index is -0.370. The number of nitrogens with one attached hydrogen (secondary N) is 1. The van der Waals surface area contributed by atoms with Crippen molar-refractivity contribution >= 4 is 22.9 Å². The third-order valence-electron chi connectivity index (χ3n) is 8.04. The van der Waals surface area contributed by atoms with Gasteiger partial charge in [0.15, 0.2) is 0 Å². The van der Waals surface area contributed by atoms with Crippen molar-refractivity contribution in [2.75, 3.05) is 7.11 Å². The molecule has 184 valence electrons. The Morgan fingerprint density at radius 1 is 0.971 bits per heavy atom. The second-order valence-corrected chi connectivity index (χ2v) is 10.2. The van der Waals surface area contributed by atoms with E-state index in [0.717, 1.165) is 35.3 Å². The summed E-state index contributed by atoms with van der Waals surface area (Å²) in [7, 11) is 1.38. The van der Waals surface area contributed by atoms with E-state index in [1.165, 1.54) is 58.5 Å². The van der Waals surface area contributed by atoms with Crippen molar-refractivity contribution in [3.63, 3.8) is 0 Å². The van der Waals surface area contributed by atoms with Crippen LogP contribution in [0, 0.1) is 5.92 Å². The normalized spacial score (nSPS) is 18.3. The van der Waals surface area contributed by atoms with E-state index in [-0.39, 0.29) is 24.0 Å². The molecular formula is C29H35N3O3. The van der Waals surface area contributed by atoms with Crippen molar-refractivity contribution in [3.05, 3.63) is 54.1 Å².